The third kappa shape index (κ3) is 4.42. The van der Waals surface area contributed by atoms with Crippen LogP contribution in [0.3, 0.4) is 0 Å². The summed E-state index contributed by atoms with van der Waals surface area (Å²) in [7, 11) is 0. The molecular weight excluding hydrogens is 310 g/mol. The van der Waals surface area contributed by atoms with Crippen LogP contribution in [0, 0.1) is 6.92 Å². The first-order chi connectivity index (χ1) is 11.4. The number of hydrogen-bond donors (Lipinski definition) is 2. The molecule has 0 aliphatic heterocycles. The van der Waals surface area contributed by atoms with E-state index in [9.17, 15) is 19.5 Å². The number of ether oxygens (including phenoxy) is 1. The SMILES string of the molecule is CC(=O)c1ccc(NC(=O)COC(=O)c2cc(C)ccc2O)cc1. The topological polar surface area (TPSA) is 92.7 Å². The lowest BCUT2D eigenvalue weighted by Gasteiger charge is -2.08. The van der Waals surface area contributed by atoms with Crippen molar-refractivity contribution in [3.8, 4) is 5.75 Å². The second-order valence-electron chi connectivity index (χ2n) is 5.28. The first-order valence-corrected chi connectivity index (χ1v) is 7.24. The van der Waals surface area contributed by atoms with Gasteiger partial charge in [-0.25, -0.2) is 4.79 Å². The highest BCUT2D eigenvalue weighted by atomic mass is 16.5. The van der Waals surface area contributed by atoms with Crippen molar-refractivity contribution in [3.63, 3.8) is 0 Å². The van der Waals surface area contributed by atoms with E-state index < -0.39 is 18.5 Å². The zero-order valence-electron chi connectivity index (χ0n) is 13.3. The van der Waals surface area contributed by atoms with Gasteiger partial charge in [0.2, 0.25) is 0 Å². The molecule has 0 heterocycles. The van der Waals surface area contributed by atoms with Gasteiger partial charge in [0.05, 0.1) is 0 Å². The van der Waals surface area contributed by atoms with Crippen LogP contribution in [0.1, 0.15) is 33.2 Å². The molecule has 0 radical (unpaired) electrons. The molecule has 1 amide bonds. The predicted molar refractivity (Wildman–Crippen MR) is 88.2 cm³/mol. The number of phenolic OH excluding ortho intramolecular Hbond substituents is 1. The van der Waals surface area contributed by atoms with Gasteiger partial charge in [0, 0.05) is 11.3 Å². The average Bonchev–Trinajstić information content (AvgIpc) is 2.55. The van der Waals surface area contributed by atoms with Crippen molar-refractivity contribution in [2.45, 2.75) is 13.8 Å². The van der Waals surface area contributed by atoms with Crippen LogP contribution in [-0.2, 0) is 9.53 Å². The van der Waals surface area contributed by atoms with E-state index in [1.807, 2.05) is 0 Å². The van der Waals surface area contributed by atoms with Crippen LogP contribution >= 0.6 is 0 Å². The first-order valence-electron chi connectivity index (χ1n) is 7.24. The number of nitrogens with one attached hydrogen (secondary N) is 1. The Hall–Kier alpha value is -3.15. The third-order valence-electron chi connectivity index (χ3n) is 3.28. The summed E-state index contributed by atoms with van der Waals surface area (Å²) in [5.41, 5.74) is 1.82. The first kappa shape index (κ1) is 17.2. The van der Waals surface area contributed by atoms with Gasteiger partial charge in [0.15, 0.2) is 12.4 Å². The fourth-order valence-corrected chi connectivity index (χ4v) is 2.01. The summed E-state index contributed by atoms with van der Waals surface area (Å²) >= 11 is 0. The zero-order valence-corrected chi connectivity index (χ0v) is 13.3. The fraction of sp³-hybridized carbons (Fsp3) is 0.167. The highest BCUT2D eigenvalue weighted by molar-refractivity contribution is 5.97. The molecule has 0 bridgehead atoms. The van der Waals surface area contributed by atoms with Crippen LogP contribution in [0.25, 0.3) is 0 Å². The van der Waals surface area contributed by atoms with Crippen LogP contribution in [0.15, 0.2) is 42.5 Å². The lowest BCUT2D eigenvalue weighted by atomic mass is 10.1. The monoisotopic (exact) mass is 327 g/mol. The minimum atomic E-state index is -0.779. The van der Waals surface area contributed by atoms with Crippen molar-refractivity contribution in [3.05, 3.63) is 59.2 Å². The molecule has 0 saturated carbocycles. The van der Waals surface area contributed by atoms with E-state index in [0.717, 1.165) is 5.56 Å². The van der Waals surface area contributed by atoms with Crippen LogP contribution < -0.4 is 5.32 Å². The molecule has 0 aliphatic rings. The second-order valence-corrected chi connectivity index (χ2v) is 5.28. The number of amides is 1. The molecule has 0 spiro atoms. The molecule has 6 nitrogen and oxygen atoms in total. The van der Waals surface area contributed by atoms with Gasteiger partial charge >= 0.3 is 5.97 Å². The quantitative estimate of drug-likeness (QED) is 0.650. The van der Waals surface area contributed by atoms with Crippen molar-refractivity contribution in [1.29, 1.82) is 0 Å². The normalized spacial score (nSPS) is 10.1. The summed E-state index contributed by atoms with van der Waals surface area (Å²) < 4.78 is 4.89. The standard InChI is InChI=1S/C18H17NO5/c1-11-3-8-16(21)15(9-11)18(23)24-10-17(22)19-14-6-4-13(5-7-14)12(2)20/h3-9,21H,10H2,1-2H3,(H,19,22). The summed E-state index contributed by atoms with van der Waals surface area (Å²) in [4.78, 5) is 34.9. The number of benzene rings is 2. The molecule has 0 saturated heterocycles. The lowest BCUT2D eigenvalue weighted by molar-refractivity contribution is -0.119. The number of aromatic hydroxyl groups is 1. The highest BCUT2D eigenvalue weighted by Gasteiger charge is 2.14. The fourth-order valence-electron chi connectivity index (χ4n) is 2.01. The van der Waals surface area contributed by atoms with Gasteiger partial charge in [-0.2, -0.15) is 0 Å². The molecule has 24 heavy (non-hydrogen) atoms. The largest absolute Gasteiger partial charge is 0.507 e. The smallest absolute Gasteiger partial charge is 0.342 e. The van der Waals surface area contributed by atoms with E-state index in [2.05, 4.69) is 5.32 Å². The Balaban J connectivity index is 1.92. The van der Waals surface area contributed by atoms with E-state index >= 15 is 0 Å². The Labute approximate surface area is 139 Å². The van der Waals surface area contributed by atoms with Crippen molar-refractivity contribution in [2.24, 2.45) is 0 Å². The number of aryl methyl sites for hydroxylation is 1. The van der Waals surface area contributed by atoms with Crippen LogP contribution in [0.4, 0.5) is 5.69 Å². The van der Waals surface area contributed by atoms with Gasteiger partial charge in [-0.1, -0.05) is 11.6 Å². The van der Waals surface area contributed by atoms with E-state index in [-0.39, 0.29) is 17.1 Å². The number of Topliss-reactive ketones (excluding diaryl/α,β-unsaturated/α-hetero) is 1. The number of carbonyl (C=O) groups is 3. The molecule has 0 unspecified atom stereocenters. The summed E-state index contributed by atoms with van der Waals surface area (Å²) in [6.07, 6.45) is 0. The highest BCUT2D eigenvalue weighted by Crippen LogP contribution is 2.19. The Bertz CT molecular complexity index is 780. The molecule has 2 aromatic carbocycles. The average molecular weight is 327 g/mol. The van der Waals surface area contributed by atoms with Gasteiger partial charge < -0.3 is 15.2 Å². The van der Waals surface area contributed by atoms with Gasteiger partial charge in [0.25, 0.3) is 5.91 Å². The minimum Gasteiger partial charge on any atom is -0.507 e. The van der Waals surface area contributed by atoms with Gasteiger partial charge in [-0.05, 0) is 50.2 Å². The van der Waals surface area contributed by atoms with Gasteiger partial charge in [0.1, 0.15) is 11.3 Å². The number of esters is 1. The summed E-state index contributed by atoms with van der Waals surface area (Å²) in [6.45, 7) is 2.74. The van der Waals surface area contributed by atoms with Gasteiger partial charge in [-0.3, -0.25) is 9.59 Å². The Morgan fingerprint density at radius 1 is 1.08 bits per heavy atom. The van der Waals surface area contributed by atoms with Crippen LogP contribution in [0.2, 0.25) is 0 Å². The van der Waals surface area contributed by atoms with Crippen molar-refractivity contribution < 1.29 is 24.2 Å². The van der Waals surface area contributed by atoms with E-state index in [0.29, 0.717) is 11.3 Å². The number of hydrogen-bond acceptors (Lipinski definition) is 5. The zero-order chi connectivity index (χ0) is 17.7. The van der Waals surface area contributed by atoms with Crippen molar-refractivity contribution in [2.75, 3.05) is 11.9 Å². The van der Waals surface area contributed by atoms with Gasteiger partial charge in [-0.15, -0.1) is 0 Å². The number of anilines is 1. The molecular formula is C18H17NO5. The van der Waals surface area contributed by atoms with E-state index in [1.165, 1.54) is 19.1 Å². The molecule has 0 fully saturated rings. The number of rotatable bonds is 5. The molecule has 6 heteroatoms. The summed E-state index contributed by atoms with van der Waals surface area (Å²) in [6, 6.07) is 10.9. The maximum absolute atomic E-state index is 11.9. The molecule has 0 atom stereocenters. The molecule has 2 N–H and O–H groups in total. The Kier molecular flexibility index (Phi) is 5.31. The van der Waals surface area contributed by atoms with E-state index in [1.54, 1.807) is 37.3 Å². The van der Waals surface area contributed by atoms with Crippen molar-refractivity contribution >= 4 is 23.3 Å². The summed E-state index contributed by atoms with van der Waals surface area (Å²) in [5.74, 6) is -1.57. The Morgan fingerprint density at radius 3 is 2.38 bits per heavy atom. The minimum absolute atomic E-state index is 0.00797. The lowest BCUT2D eigenvalue weighted by Crippen LogP contribution is -2.21. The molecule has 0 aromatic heterocycles. The predicted octanol–water partition coefficient (Wildman–Crippen LogP) is 2.70. The maximum Gasteiger partial charge on any atom is 0.342 e. The molecule has 2 aromatic rings. The molecule has 124 valence electrons. The van der Waals surface area contributed by atoms with Crippen LogP contribution in [0.5, 0.6) is 5.75 Å². The summed E-state index contributed by atoms with van der Waals surface area (Å²) in [5, 5.41) is 12.2. The number of carbonyl (C=O) groups excluding carboxylic acids is 3. The Morgan fingerprint density at radius 2 is 1.75 bits per heavy atom. The van der Waals surface area contributed by atoms with E-state index in [4.69, 9.17) is 4.74 Å². The van der Waals surface area contributed by atoms with Crippen LogP contribution in [-0.4, -0.2) is 29.4 Å². The maximum atomic E-state index is 11.9. The molecule has 2 rings (SSSR count). The number of phenols is 1. The third-order valence-corrected chi connectivity index (χ3v) is 3.28. The number of ketones is 1. The molecule has 0 aliphatic carbocycles. The second kappa shape index (κ2) is 7.41. The van der Waals surface area contributed by atoms with Crippen molar-refractivity contribution in [1.82, 2.24) is 0 Å².